The lowest BCUT2D eigenvalue weighted by atomic mass is 9.80. The maximum atomic E-state index is 10.7. The van der Waals surface area contributed by atoms with Crippen LogP contribution in [0.5, 0.6) is 0 Å². The van der Waals surface area contributed by atoms with Gasteiger partial charge in [-0.15, -0.1) is 0 Å². The lowest BCUT2D eigenvalue weighted by Gasteiger charge is -2.24. The van der Waals surface area contributed by atoms with Crippen LogP contribution in [0.3, 0.4) is 0 Å². The third-order valence-corrected chi connectivity index (χ3v) is 3.16. The number of rotatable bonds is 3. The van der Waals surface area contributed by atoms with Crippen LogP contribution in [0, 0.1) is 5.41 Å². The van der Waals surface area contributed by atoms with Crippen molar-refractivity contribution in [3.05, 3.63) is 0 Å². The van der Waals surface area contributed by atoms with Gasteiger partial charge in [0.15, 0.2) is 0 Å². The highest BCUT2D eigenvalue weighted by Gasteiger charge is 2.38. The predicted molar refractivity (Wildman–Crippen MR) is 47.1 cm³/mol. The van der Waals surface area contributed by atoms with E-state index in [1.165, 1.54) is 0 Å². The summed E-state index contributed by atoms with van der Waals surface area (Å²) in [7, 11) is 0. The van der Waals surface area contributed by atoms with Crippen LogP contribution < -0.4 is 5.32 Å². The molecule has 70 valence electrons. The molecule has 0 radical (unpaired) electrons. The van der Waals surface area contributed by atoms with Crippen LogP contribution in [0.25, 0.3) is 0 Å². The number of hydrogen-bond donors (Lipinski definition) is 2. The van der Waals surface area contributed by atoms with Gasteiger partial charge in [-0.2, -0.15) is 0 Å². The molecule has 3 nitrogen and oxygen atoms in total. The zero-order chi connectivity index (χ0) is 9.19. The zero-order valence-corrected chi connectivity index (χ0v) is 7.76. The maximum Gasteiger partial charge on any atom is 0.320 e. The molecule has 12 heavy (non-hydrogen) atoms. The normalized spacial score (nSPS) is 27.3. The molecule has 0 aromatic heterocycles. The largest absolute Gasteiger partial charge is 0.480 e. The first-order valence-electron chi connectivity index (χ1n) is 4.60. The Kier molecular flexibility index (Phi) is 2.73. The molecule has 2 N–H and O–H groups in total. The summed E-state index contributed by atoms with van der Waals surface area (Å²) in [5.41, 5.74) is 0.239. The van der Waals surface area contributed by atoms with Gasteiger partial charge in [0.25, 0.3) is 0 Å². The summed E-state index contributed by atoms with van der Waals surface area (Å²) in [6, 6.07) is -0.315. The molecule has 0 aliphatic carbocycles. The first-order valence-corrected chi connectivity index (χ1v) is 4.60. The van der Waals surface area contributed by atoms with Gasteiger partial charge in [0, 0.05) is 6.54 Å². The van der Waals surface area contributed by atoms with Gasteiger partial charge < -0.3 is 10.4 Å². The molecular weight excluding hydrogens is 154 g/mol. The SMILES string of the molecule is CCC1(CC)CN[C@H](C(=O)O)C1. The molecule has 0 amide bonds. The molecule has 1 heterocycles. The summed E-state index contributed by atoms with van der Waals surface area (Å²) in [6.07, 6.45) is 2.93. The molecule has 0 aromatic carbocycles. The van der Waals surface area contributed by atoms with Crippen LogP contribution >= 0.6 is 0 Å². The number of hydrogen-bond acceptors (Lipinski definition) is 2. The van der Waals surface area contributed by atoms with Gasteiger partial charge in [0.05, 0.1) is 0 Å². The number of carbonyl (C=O) groups is 1. The van der Waals surface area contributed by atoms with Crippen molar-refractivity contribution in [3.8, 4) is 0 Å². The Balaban J connectivity index is 2.58. The van der Waals surface area contributed by atoms with E-state index in [0.717, 1.165) is 25.8 Å². The molecule has 1 aliphatic rings. The highest BCUT2D eigenvalue weighted by Crippen LogP contribution is 2.35. The zero-order valence-electron chi connectivity index (χ0n) is 7.76. The average molecular weight is 171 g/mol. The standard InChI is InChI=1S/C9H17NO2/c1-3-9(4-2)5-7(8(11)12)10-6-9/h7,10H,3-6H2,1-2H3,(H,11,12)/t7-/m0/s1. The van der Waals surface area contributed by atoms with E-state index in [-0.39, 0.29) is 11.5 Å². The van der Waals surface area contributed by atoms with E-state index in [1.807, 2.05) is 0 Å². The van der Waals surface area contributed by atoms with Crippen molar-refractivity contribution < 1.29 is 9.90 Å². The van der Waals surface area contributed by atoms with Crippen molar-refractivity contribution in [2.75, 3.05) is 6.54 Å². The van der Waals surface area contributed by atoms with Crippen LogP contribution in [-0.4, -0.2) is 23.7 Å². The minimum atomic E-state index is -0.709. The van der Waals surface area contributed by atoms with Gasteiger partial charge in [-0.1, -0.05) is 13.8 Å². The summed E-state index contributed by atoms with van der Waals surface area (Å²) in [6.45, 7) is 5.13. The Labute approximate surface area is 73.2 Å². The number of carboxylic acid groups (broad SMARTS) is 1. The van der Waals surface area contributed by atoms with E-state index >= 15 is 0 Å². The third kappa shape index (κ3) is 1.61. The second kappa shape index (κ2) is 3.44. The van der Waals surface area contributed by atoms with Crippen molar-refractivity contribution in [2.24, 2.45) is 5.41 Å². The van der Waals surface area contributed by atoms with E-state index in [0.29, 0.717) is 0 Å². The predicted octanol–water partition coefficient (Wildman–Crippen LogP) is 1.24. The number of nitrogens with one attached hydrogen (secondary N) is 1. The van der Waals surface area contributed by atoms with Crippen molar-refractivity contribution in [3.63, 3.8) is 0 Å². The lowest BCUT2D eigenvalue weighted by Crippen LogP contribution is -2.30. The first kappa shape index (κ1) is 9.52. The van der Waals surface area contributed by atoms with Gasteiger partial charge in [-0.05, 0) is 24.7 Å². The van der Waals surface area contributed by atoms with Crippen LogP contribution in [-0.2, 0) is 4.79 Å². The fourth-order valence-corrected chi connectivity index (χ4v) is 1.88. The molecule has 1 saturated heterocycles. The topological polar surface area (TPSA) is 49.3 Å². The molecule has 1 atom stereocenters. The van der Waals surface area contributed by atoms with Crippen LogP contribution in [0.4, 0.5) is 0 Å². The van der Waals surface area contributed by atoms with Gasteiger partial charge in [0.1, 0.15) is 6.04 Å². The van der Waals surface area contributed by atoms with Crippen molar-refractivity contribution in [1.29, 1.82) is 0 Å². The summed E-state index contributed by atoms with van der Waals surface area (Å²) in [5, 5.41) is 11.8. The Hall–Kier alpha value is -0.570. The maximum absolute atomic E-state index is 10.7. The number of aliphatic carboxylic acids is 1. The van der Waals surface area contributed by atoms with Gasteiger partial charge in [0.2, 0.25) is 0 Å². The van der Waals surface area contributed by atoms with Crippen molar-refractivity contribution in [1.82, 2.24) is 5.32 Å². The van der Waals surface area contributed by atoms with Gasteiger partial charge in [-0.25, -0.2) is 0 Å². The molecule has 1 aliphatic heterocycles. The van der Waals surface area contributed by atoms with Crippen LogP contribution in [0.1, 0.15) is 33.1 Å². The van der Waals surface area contributed by atoms with E-state index in [1.54, 1.807) is 0 Å². The first-order chi connectivity index (χ1) is 5.63. The van der Waals surface area contributed by atoms with Crippen molar-refractivity contribution >= 4 is 5.97 Å². The smallest absolute Gasteiger partial charge is 0.320 e. The van der Waals surface area contributed by atoms with E-state index in [9.17, 15) is 4.79 Å². The minimum Gasteiger partial charge on any atom is -0.480 e. The molecule has 1 rings (SSSR count). The second-order valence-corrected chi connectivity index (χ2v) is 3.68. The fourth-order valence-electron chi connectivity index (χ4n) is 1.88. The summed E-state index contributed by atoms with van der Waals surface area (Å²) in [4.78, 5) is 10.7. The van der Waals surface area contributed by atoms with Crippen LogP contribution in [0.15, 0.2) is 0 Å². The minimum absolute atomic E-state index is 0.239. The Morgan fingerprint density at radius 1 is 1.58 bits per heavy atom. The van der Waals surface area contributed by atoms with E-state index in [4.69, 9.17) is 5.11 Å². The monoisotopic (exact) mass is 171 g/mol. The van der Waals surface area contributed by atoms with Crippen molar-refractivity contribution in [2.45, 2.75) is 39.2 Å². The third-order valence-electron chi connectivity index (χ3n) is 3.16. The molecular formula is C9H17NO2. The lowest BCUT2D eigenvalue weighted by molar-refractivity contribution is -0.139. The summed E-state index contributed by atoms with van der Waals surface area (Å²) < 4.78 is 0. The Bertz CT molecular complexity index is 175. The molecule has 0 unspecified atom stereocenters. The molecule has 1 fully saturated rings. The Morgan fingerprint density at radius 3 is 2.42 bits per heavy atom. The average Bonchev–Trinajstić information content (AvgIpc) is 2.49. The molecule has 0 saturated carbocycles. The molecule has 3 heteroatoms. The summed E-state index contributed by atoms with van der Waals surface area (Å²) >= 11 is 0. The van der Waals surface area contributed by atoms with Crippen LogP contribution in [0.2, 0.25) is 0 Å². The second-order valence-electron chi connectivity index (χ2n) is 3.68. The van der Waals surface area contributed by atoms with E-state index in [2.05, 4.69) is 19.2 Å². The Morgan fingerprint density at radius 2 is 2.17 bits per heavy atom. The highest BCUT2D eigenvalue weighted by atomic mass is 16.4. The van der Waals surface area contributed by atoms with E-state index < -0.39 is 5.97 Å². The molecule has 0 spiro atoms. The molecule has 0 aromatic rings. The quantitative estimate of drug-likeness (QED) is 0.671. The van der Waals surface area contributed by atoms with Gasteiger partial charge in [-0.3, -0.25) is 4.79 Å². The number of carboxylic acids is 1. The summed E-state index contributed by atoms with van der Waals surface area (Å²) in [5.74, 6) is -0.709. The highest BCUT2D eigenvalue weighted by molar-refractivity contribution is 5.74. The fraction of sp³-hybridized carbons (Fsp3) is 0.889. The molecule has 0 bridgehead atoms. The van der Waals surface area contributed by atoms with Gasteiger partial charge >= 0.3 is 5.97 Å².